The molecule has 9 nitrogen and oxygen atoms in total. The van der Waals surface area contributed by atoms with Crippen molar-refractivity contribution in [1.29, 1.82) is 0 Å². The van der Waals surface area contributed by atoms with E-state index in [1.165, 1.54) is 23.1 Å². The molecule has 2 aliphatic rings. The highest BCUT2D eigenvalue weighted by Crippen LogP contribution is 2.45. The molecule has 2 aliphatic heterocycles. The van der Waals surface area contributed by atoms with Crippen LogP contribution in [0.2, 0.25) is 0 Å². The first-order valence-electron chi connectivity index (χ1n) is 8.12. The van der Waals surface area contributed by atoms with E-state index in [1.807, 2.05) is 0 Å². The summed E-state index contributed by atoms with van der Waals surface area (Å²) in [6, 6.07) is 9.48. The number of hydrogen-bond acceptors (Lipinski definition) is 7. The maximum absolute atomic E-state index is 13.1. The Bertz CT molecular complexity index is 1110. The van der Waals surface area contributed by atoms with Crippen LogP contribution in [0.4, 0.5) is 14.5 Å². The minimum atomic E-state index is -3.67. The SMILES string of the molecule is O=C(NC1=Nc2cc3c(cc2C1)OC(F)(F)O3)c1ccc(-n2cnnn2)cc1. The molecule has 0 spiro atoms. The molecular weight excluding hydrogens is 374 g/mol. The van der Waals surface area contributed by atoms with Crippen molar-refractivity contribution in [1.82, 2.24) is 25.5 Å². The number of hydrogen-bond donors (Lipinski definition) is 1. The van der Waals surface area contributed by atoms with Gasteiger partial charge in [0.2, 0.25) is 0 Å². The summed E-state index contributed by atoms with van der Waals surface area (Å²) in [5, 5.41) is 13.6. The summed E-state index contributed by atoms with van der Waals surface area (Å²) in [6.45, 7) is 0. The van der Waals surface area contributed by atoms with Crippen molar-refractivity contribution in [3.63, 3.8) is 0 Å². The summed E-state index contributed by atoms with van der Waals surface area (Å²) in [5.74, 6) is -0.0793. The number of carbonyl (C=O) groups is 1. The highest BCUT2D eigenvalue weighted by molar-refractivity contribution is 6.09. The molecule has 28 heavy (non-hydrogen) atoms. The Morgan fingerprint density at radius 3 is 2.61 bits per heavy atom. The van der Waals surface area contributed by atoms with Crippen molar-refractivity contribution >= 4 is 17.4 Å². The fourth-order valence-corrected chi connectivity index (χ4v) is 2.96. The second-order valence-corrected chi connectivity index (χ2v) is 6.09. The van der Waals surface area contributed by atoms with Gasteiger partial charge < -0.3 is 14.8 Å². The summed E-state index contributed by atoms with van der Waals surface area (Å²) in [5.41, 5.74) is 2.23. The smallest absolute Gasteiger partial charge is 0.395 e. The van der Waals surface area contributed by atoms with Crippen LogP contribution in [0.5, 0.6) is 11.5 Å². The van der Waals surface area contributed by atoms with Crippen LogP contribution in [-0.4, -0.2) is 38.2 Å². The lowest BCUT2D eigenvalue weighted by molar-refractivity contribution is -0.286. The Labute approximate surface area is 155 Å². The predicted octanol–water partition coefficient (Wildman–Crippen LogP) is 2.00. The summed E-state index contributed by atoms with van der Waals surface area (Å²) in [7, 11) is 0. The molecule has 1 N–H and O–H groups in total. The molecule has 3 aromatic rings. The topological polar surface area (TPSA) is 104 Å². The normalized spacial score (nSPS) is 15.9. The molecule has 5 rings (SSSR count). The highest BCUT2D eigenvalue weighted by atomic mass is 19.3. The number of amides is 1. The fraction of sp³-hybridized carbons (Fsp3) is 0.118. The zero-order valence-electron chi connectivity index (χ0n) is 14.0. The Morgan fingerprint density at radius 1 is 1.14 bits per heavy atom. The van der Waals surface area contributed by atoms with Crippen molar-refractivity contribution < 1.29 is 23.0 Å². The van der Waals surface area contributed by atoms with E-state index in [-0.39, 0.29) is 23.8 Å². The number of nitrogens with zero attached hydrogens (tertiary/aromatic N) is 5. The maximum Gasteiger partial charge on any atom is 0.586 e. The molecule has 1 aromatic heterocycles. The van der Waals surface area contributed by atoms with Crippen LogP contribution in [0.1, 0.15) is 15.9 Å². The van der Waals surface area contributed by atoms with Crippen LogP contribution in [0, 0.1) is 0 Å². The third-order valence-electron chi connectivity index (χ3n) is 4.22. The van der Waals surface area contributed by atoms with E-state index in [1.54, 1.807) is 24.3 Å². The Balaban J connectivity index is 1.31. The molecule has 1 amide bonds. The number of fused-ring (bicyclic) bond motifs is 2. The van der Waals surface area contributed by atoms with Gasteiger partial charge >= 0.3 is 6.29 Å². The molecule has 3 heterocycles. The number of aromatic nitrogens is 4. The first kappa shape index (κ1) is 16.3. The van der Waals surface area contributed by atoms with Crippen LogP contribution >= 0.6 is 0 Å². The van der Waals surface area contributed by atoms with Crippen LogP contribution in [0.25, 0.3) is 5.69 Å². The molecule has 0 saturated carbocycles. The van der Waals surface area contributed by atoms with Crippen molar-refractivity contribution in [3.05, 3.63) is 53.9 Å². The lowest BCUT2D eigenvalue weighted by Gasteiger charge is -2.06. The second kappa shape index (κ2) is 5.81. The van der Waals surface area contributed by atoms with E-state index < -0.39 is 6.29 Å². The summed E-state index contributed by atoms with van der Waals surface area (Å²) in [4.78, 5) is 16.7. The molecule has 2 aromatic carbocycles. The van der Waals surface area contributed by atoms with Crippen LogP contribution in [0.15, 0.2) is 47.7 Å². The van der Waals surface area contributed by atoms with Crippen molar-refractivity contribution in [2.45, 2.75) is 12.7 Å². The van der Waals surface area contributed by atoms with Gasteiger partial charge in [-0.3, -0.25) is 4.79 Å². The first-order chi connectivity index (χ1) is 13.5. The maximum atomic E-state index is 13.1. The number of tetrazole rings is 1. The molecule has 0 radical (unpaired) electrons. The van der Waals surface area contributed by atoms with Gasteiger partial charge in [0, 0.05) is 18.1 Å². The second-order valence-electron chi connectivity index (χ2n) is 6.09. The Morgan fingerprint density at radius 2 is 1.89 bits per heavy atom. The van der Waals surface area contributed by atoms with E-state index in [4.69, 9.17) is 0 Å². The van der Waals surface area contributed by atoms with Crippen molar-refractivity contribution in [2.24, 2.45) is 4.99 Å². The average molecular weight is 384 g/mol. The lowest BCUT2D eigenvalue weighted by Crippen LogP contribution is -2.30. The minimum Gasteiger partial charge on any atom is -0.395 e. The van der Waals surface area contributed by atoms with Crippen LogP contribution in [-0.2, 0) is 6.42 Å². The monoisotopic (exact) mass is 384 g/mol. The largest absolute Gasteiger partial charge is 0.586 e. The van der Waals surface area contributed by atoms with Gasteiger partial charge in [-0.05, 0) is 46.3 Å². The third-order valence-corrected chi connectivity index (χ3v) is 4.22. The van der Waals surface area contributed by atoms with Gasteiger partial charge in [-0.25, -0.2) is 9.67 Å². The number of aliphatic imine (C=N–C) groups is 1. The number of amidine groups is 1. The Hall–Kier alpha value is -3.89. The molecule has 0 atom stereocenters. The van der Waals surface area contributed by atoms with Gasteiger partial charge in [0.25, 0.3) is 5.91 Å². The number of rotatable bonds is 2. The molecule has 140 valence electrons. The molecule has 0 fully saturated rings. The predicted molar refractivity (Wildman–Crippen MR) is 90.1 cm³/mol. The van der Waals surface area contributed by atoms with Crippen LogP contribution in [0.3, 0.4) is 0 Å². The standard InChI is InChI=1S/C17H10F2N6O3/c18-17(19)27-13-5-10-6-15(21-12(10)7-14(13)28-17)22-16(26)9-1-3-11(4-2-9)25-8-20-23-24-25/h1-5,7-8H,6H2,(H,21,22,26). The van der Waals surface area contributed by atoms with E-state index in [0.717, 1.165) is 0 Å². The van der Waals surface area contributed by atoms with Gasteiger partial charge in [0.05, 0.1) is 11.4 Å². The van der Waals surface area contributed by atoms with Gasteiger partial charge in [0.1, 0.15) is 12.2 Å². The van der Waals surface area contributed by atoms with Gasteiger partial charge in [-0.1, -0.05) is 0 Å². The highest BCUT2D eigenvalue weighted by Gasteiger charge is 2.44. The molecular formula is C17H10F2N6O3. The summed E-state index contributed by atoms with van der Waals surface area (Å²) >= 11 is 0. The number of nitrogens with one attached hydrogen (secondary N) is 1. The lowest BCUT2D eigenvalue weighted by atomic mass is 10.1. The van der Waals surface area contributed by atoms with E-state index >= 15 is 0 Å². The quantitative estimate of drug-likeness (QED) is 0.725. The number of benzene rings is 2. The first-order valence-corrected chi connectivity index (χ1v) is 8.12. The van der Waals surface area contributed by atoms with Gasteiger partial charge in [0.15, 0.2) is 11.5 Å². The number of ether oxygens (including phenoxy) is 2. The van der Waals surface area contributed by atoms with Gasteiger partial charge in [-0.15, -0.1) is 13.9 Å². The molecule has 11 heteroatoms. The summed E-state index contributed by atoms with van der Waals surface area (Å²) < 4.78 is 36.6. The number of carbonyl (C=O) groups excluding carboxylic acids is 1. The van der Waals surface area contributed by atoms with Crippen molar-refractivity contribution in [2.75, 3.05) is 0 Å². The van der Waals surface area contributed by atoms with Gasteiger partial charge in [-0.2, -0.15) is 0 Å². The molecule has 0 saturated heterocycles. The van der Waals surface area contributed by atoms with Crippen molar-refractivity contribution in [3.8, 4) is 17.2 Å². The fourth-order valence-electron chi connectivity index (χ4n) is 2.96. The zero-order valence-corrected chi connectivity index (χ0v) is 14.0. The zero-order chi connectivity index (χ0) is 19.3. The Kier molecular flexibility index (Phi) is 3.38. The van der Waals surface area contributed by atoms with E-state index in [2.05, 4.69) is 35.3 Å². The number of halogens is 2. The van der Waals surface area contributed by atoms with E-state index in [9.17, 15) is 13.6 Å². The number of alkyl halides is 2. The third kappa shape index (κ3) is 2.82. The molecule has 0 bridgehead atoms. The minimum absolute atomic E-state index is 0.0512. The van der Waals surface area contributed by atoms with E-state index in [0.29, 0.717) is 28.3 Å². The molecule has 0 unspecified atom stereocenters. The molecule has 0 aliphatic carbocycles. The summed E-state index contributed by atoms with van der Waals surface area (Å²) in [6.07, 6.45) is -1.95. The average Bonchev–Trinajstić information content (AvgIpc) is 3.36. The van der Waals surface area contributed by atoms with Crippen LogP contribution < -0.4 is 14.8 Å².